The van der Waals surface area contributed by atoms with Crippen molar-refractivity contribution in [3.05, 3.63) is 29.3 Å². The van der Waals surface area contributed by atoms with E-state index in [0.29, 0.717) is 5.92 Å². The minimum atomic E-state index is -0.211. The number of benzene rings is 1. The van der Waals surface area contributed by atoms with Crippen molar-refractivity contribution in [2.45, 2.75) is 59.3 Å². The number of hydrazone groups is 1. The number of aryl methyl sites for hydroxylation is 2. The molecular formula is C19H27N3O2. The SMILES string of the molecule is Cc1ccc(C)c(NC(=O)CCC(=O)N/N=C2/CCCC(C)C2)c1. The zero-order valence-electron chi connectivity index (χ0n) is 14.8. The first kappa shape index (κ1) is 18.2. The predicted molar refractivity (Wildman–Crippen MR) is 97.0 cm³/mol. The molecule has 1 saturated carbocycles. The lowest BCUT2D eigenvalue weighted by atomic mass is 9.89. The highest BCUT2D eigenvalue weighted by molar-refractivity contribution is 5.94. The maximum Gasteiger partial charge on any atom is 0.240 e. The molecule has 130 valence electrons. The van der Waals surface area contributed by atoms with Crippen LogP contribution in [0.3, 0.4) is 0 Å². The van der Waals surface area contributed by atoms with Gasteiger partial charge < -0.3 is 5.32 Å². The van der Waals surface area contributed by atoms with Crippen LogP contribution in [0.1, 0.15) is 56.6 Å². The van der Waals surface area contributed by atoms with Crippen LogP contribution in [0.25, 0.3) is 0 Å². The minimum absolute atomic E-state index is 0.142. The summed E-state index contributed by atoms with van der Waals surface area (Å²) in [6.07, 6.45) is 4.56. The van der Waals surface area contributed by atoms with Crippen LogP contribution in [0.2, 0.25) is 0 Å². The normalized spacial score (nSPS) is 19.1. The van der Waals surface area contributed by atoms with Crippen molar-refractivity contribution in [1.82, 2.24) is 5.43 Å². The quantitative estimate of drug-likeness (QED) is 0.809. The first-order valence-electron chi connectivity index (χ1n) is 8.65. The molecule has 24 heavy (non-hydrogen) atoms. The standard InChI is InChI=1S/C19H27N3O2/c1-13-5-4-6-16(11-13)21-22-19(24)10-9-18(23)20-17-12-14(2)7-8-15(17)3/h7-8,12-13H,4-6,9-11H2,1-3H3,(H,20,23)(H,22,24)/b21-16-. The van der Waals surface area contributed by atoms with Crippen LogP contribution in [-0.4, -0.2) is 17.5 Å². The second-order valence-electron chi connectivity index (χ2n) is 6.78. The van der Waals surface area contributed by atoms with E-state index in [9.17, 15) is 9.59 Å². The highest BCUT2D eigenvalue weighted by Crippen LogP contribution is 2.21. The number of anilines is 1. The molecule has 1 fully saturated rings. The molecule has 1 aromatic carbocycles. The smallest absolute Gasteiger partial charge is 0.240 e. The van der Waals surface area contributed by atoms with Crippen molar-refractivity contribution >= 4 is 23.2 Å². The molecule has 1 unspecified atom stereocenters. The fourth-order valence-electron chi connectivity index (χ4n) is 2.87. The molecule has 2 rings (SSSR count). The highest BCUT2D eigenvalue weighted by Gasteiger charge is 2.14. The molecule has 1 aliphatic carbocycles. The number of nitrogens with zero attached hydrogens (tertiary/aromatic N) is 1. The van der Waals surface area contributed by atoms with E-state index in [1.165, 1.54) is 6.42 Å². The molecule has 2 N–H and O–H groups in total. The van der Waals surface area contributed by atoms with Crippen LogP contribution in [0.4, 0.5) is 5.69 Å². The van der Waals surface area contributed by atoms with E-state index in [0.717, 1.165) is 41.8 Å². The zero-order valence-corrected chi connectivity index (χ0v) is 14.8. The number of hydrogen-bond donors (Lipinski definition) is 2. The molecule has 2 amide bonds. The molecule has 5 nitrogen and oxygen atoms in total. The summed E-state index contributed by atoms with van der Waals surface area (Å²) in [5.41, 5.74) is 6.54. The Labute approximate surface area is 143 Å². The largest absolute Gasteiger partial charge is 0.326 e. The van der Waals surface area contributed by atoms with Gasteiger partial charge in [0, 0.05) is 24.2 Å². The number of amides is 2. The average molecular weight is 329 g/mol. The maximum absolute atomic E-state index is 12.0. The third kappa shape index (κ3) is 5.80. The predicted octanol–water partition coefficient (Wildman–Crippen LogP) is 3.70. The Morgan fingerprint density at radius 3 is 2.71 bits per heavy atom. The molecule has 0 saturated heterocycles. The summed E-state index contributed by atoms with van der Waals surface area (Å²) in [7, 11) is 0. The minimum Gasteiger partial charge on any atom is -0.326 e. The number of hydrogen-bond acceptors (Lipinski definition) is 3. The van der Waals surface area contributed by atoms with Crippen LogP contribution in [0.15, 0.2) is 23.3 Å². The number of nitrogens with one attached hydrogen (secondary N) is 2. The van der Waals surface area contributed by atoms with Gasteiger partial charge in [0.05, 0.1) is 0 Å². The van der Waals surface area contributed by atoms with Crippen LogP contribution in [0.5, 0.6) is 0 Å². The molecule has 1 aromatic rings. The Balaban J connectivity index is 1.76. The third-order valence-electron chi connectivity index (χ3n) is 4.33. The van der Waals surface area contributed by atoms with E-state index in [4.69, 9.17) is 0 Å². The highest BCUT2D eigenvalue weighted by atomic mass is 16.2. The number of carbonyl (C=O) groups excluding carboxylic acids is 2. The Bertz CT molecular complexity index is 637. The first-order valence-corrected chi connectivity index (χ1v) is 8.65. The van der Waals surface area contributed by atoms with E-state index in [1.54, 1.807) is 0 Å². The van der Waals surface area contributed by atoms with Gasteiger partial charge in [-0.25, -0.2) is 5.43 Å². The molecule has 1 aliphatic rings. The summed E-state index contributed by atoms with van der Waals surface area (Å²) in [6.45, 7) is 6.13. The zero-order chi connectivity index (χ0) is 17.5. The van der Waals surface area contributed by atoms with Crippen molar-refractivity contribution in [1.29, 1.82) is 0 Å². The topological polar surface area (TPSA) is 70.6 Å². The lowest BCUT2D eigenvalue weighted by Crippen LogP contribution is -2.23. The van der Waals surface area contributed by atoms with Gasteiger partial charge in [-0.1, -0.05) is 19.1 Å². The first-order chi connectivity index (χ1) is 11.4. The van der Waals surface area contributed by atoms with Crippen molar-refractivity contribution in [3.63, 3.8) is 0 Å². The Morgan fingerprint density at radius 1 is 1.21 bits per heavy atom. The summed E-state index contributed by atoms with van der Waals surface area (Å²) >= 11 is 0. The van der Waals surface area contributed by atoms with Gasteiger partial charge in [0.2, 0.25) is 11.8 Å². The summed E-state index contributed by atoms with van der Waals surface area (Å²) in [6, 6.07) is 5.91. The van der Waals surface area contributed by atoms with Gasteiger partial charge in [-0.15, -0.1) is 0 Å². The van der Waals surface area contributed by atoms with E-state index < -0.39 is 0 Å². The van der Waals surface area contributed by atoms with Gasteiger partial charge in [0.15, 0.2) is 0 Å². The van der Waals surface area contributed by atoms with Gasteiger partial charge in [-0.3, -0.25) is 9.59 Å². The number of rotatable bonds is 5. The summed E-state index contributed by atoms with van der Waals surface area (Å²) < 4.78 is 0. The van der Waals surface area contributed by atoms with E-state index >= 15 is 0 Å². The fraction of sp³-hybridized carbons (Fsp3) is 0.526. The molecule has 0 spiro atoms. The third-order valence-corrected chi connectivity index (χ3v) is 4.33. The molecular weight excluding hydrogens is 302 g/mol. The van der Waals surface area contributed by atoms with Gasteiger partial charge in [-0.05, 0) is 62.6 Å². The van der Waals surface area contributed by atoms with E-state index in [2.05, 4.69) is 22.8 Å². The lowest BCUT2D eigenvalue weighted by Gasteiger charge is -2.18. The van der Waals surface area contributed by atoms with Crippen molar-refractivity contribution in [2.24, 2.45) is 11.0 Å². The van der Waals surface area contributed by atoms with Crippen molar-refractivity contribution < 1.29 is 9.59 Å². The van der Waals surface area contributed by atoms with Gasteiger partial charge >= 0.3 is 0 Å². The fourth-order valence-corrected chi connectivity index (χ4v) is 2.87. The lowest BCUT2D eigenvalue weighted by molar-refractivity contribution is -0.124. The van der Waals surface area contributed by atoms with Crippen molar-refractivity contribution in [2.75, 3.05) is 5.32 Å². The summed E-state index contributed by atoms with van der Waals surface area (Å²) in [5.74, 6) is 0.271. The molecule has 0 bridgehead atoms. The number of carbonyl (C=O) groups is 2. The Hall–Kier alpha value is -2.17. The molecule has 5 heteroatoms. The van der Waals surface area contributed by atoms with Gasteiger partial charge in [0.25, 0.3) is 0 Å². The van der Waals surface area contributed by atoms with Crippen LogP contribution < -0.4 is 10.7 Å². The van der Waals surface area contributed by atoms with Crippen LogP contribution in [0, 0.1) is 19.8 Å². The second kappa shape index (κ2) is 8.62. The van der Waals surface area contributed by atoms with Crippen molar-refractivity contribution in [3.8, 4) is 0 Å². The second-order valence-corrected chi connectivity index (χ2v) is 6.78. The van der Waals surface area contributed by atoms with Gasteiger partial charge in [-0.2, -0.15) is 5.10 Å². The van der Waals surface area contributed by atoms with Crippen LogP contribution in [-0.2, 0) is 9.59 Å². The monoisotopic (exact) mass is 329 g/mol. The molecule has 0 aromatic heterocycles. The summed E-state index contributed by atoms with van der Waals surface area (Å²) in [4.78, 5) is 23.8. The molecule has 0 aliphatic heterocycles. The molecule has 1 atom stereocenters. The van der Waals surface area contributed by atoms with E-state index in [1.807, 2.05) is 32.0 Å². The average Bonchev–Trinajstić information content (AvgIpc) is 2.54. The molecule has 0 heterocycles. The van der Waals surface area contributed by atoms with Crippen LogP contribution >= 0.6 is 0 Å². The summed E-state index contributed by atoms with van der Waals surface area (Å²) in [5, 5.41) is 7.07. The van der Waals surface area contributed by atoms with E-state index in [-0.39, 0.29) is 24.7 Å². The molecule has 0 radical (unpaired) electrons. The Morgan fingerprint density at radius 2 is 1.96 bits per heavy atom. The maximum atomic E-state index is 12.0. The Kier molecular flexibility index (Phi) is 6.53. The van der Waals surface area contributed by atoms with Gasteiger partial charge in [0.1, 0.15) is 0 Å².